The molecule has 1 fully saturated rings. The Hall–Kier alpha value is -1.85. The van der Waals surface area contributed by atoms with Gasteiger partial charge < -0.3 is 10.1 Å². The molecule has 0 spiro atoms. The minimum absolute atomic E-state index is 0.0427. The summed E-state index contributed by atoms with van der Waals surface area (Å²) < 4.78 is 5.49. The monoisotopic (exact) mass is 320 g/mol. The van der Waals surface area contributed by atoms with E-state index in [0.29, 0.717) is 6.54 Å². The average molecular weight is 321 g/mol. The summed E-state index contributed by atoms with van der Waals surface area (Å²) in [7, 11) is 0. The zero-order valence-corrected chi connectivity index (χ0v) is 12.8. The average Bonchev–Trinajstić information content (AvgIpc) is 3.11. The highest BCUT2D eigenvalue weighted by atomic mass is 35.5. The lowest BCUT2D eigenvalue weighted by Gasteiger charge is -2.16. The molecule has 116 valence electrons. The van der Waals surface area contributed by atoms with E-state index >= 15 is 0 Å². The maximum atomic E-state index is 12.4. The van der Waals surface area contributed by atoms with Crippen LogP contribution in [0, 0.1) is 0 Å². The van der Waals surface area contributed by atoms with Gasteiger partial charge in [-0.05, 0) is 18.4 Å². The Morgan fingerprint density at radius 1 is 1.23 bits per heavy atom. The number of nitrogens with zero attached hydrogens (tertiary/aromatic N) is 1. The normalized spacial score (nSPS) is 21.9. The third-order valence-corrected chi connectivity index (χ3v) is 4.18. The molecule has 1 aromatic carbocycles. The second-order valence-corrected chi connectivity index (χ2v) is 5.76. The zero-order chi connectivity index (χ0) is 15.5. The molecule has 1 unspecified atom stereocenters. The van der Waals surface area contributed by atoms with Gasteiger partial charge in [-0.2, -0.15) is 0 Å². The lowest BCUT2D eigenvalue weighted by molar-refractivity contribution is -0.138. The molecule has 6 heteroatoms. The third-order valence-electron chi connectivity index (χ3n) is 3.83. The van der Waals surface area contributed by atoms with E-state index in [4.69, 9.17) is 16.3 Å². The number of rotatable bonds is 5. The van der Waals surface area contributed by atoms with E-state index in [2.05, 4.69) is 5.32 Å². The van der Waals surface area contributed by atoms with Crippen molar-refractivity contribution in [1.82, 2.24) is 10.2 Å². The van der Waals surface area contributed by atoms with Gasteiger partial charge in [0.1, 0.15) is 10.7 Å². The smallest absolute Gasteiger partial charge is 0.278 e. The second-order valence-electron chi connectivity index (χ2n) is 5.39. The number of carbonyl (C=O) groups excluding carboxylic acids is 2. The van der Waals surface area contributed by atoms with Crippen molar-refractivity contribution in [2.45, 2.75) is 25.5 Å². The van der Waals surface area contributed by atoms with Crippen LogP contribution < -0.4 is 5.32 Å². The Morgan fingerprint density at radius 3 is 2.68 bits per heavy atom. The van der Waals surface area contributed by atoms with Crippen molar-refractivity contribution in [2.24, 2.45) is 0 Å². The molecular formula is C16H17ClN2O3. The van der Waals surface area contributed by atoms with Crippen LogP contribution in [-0.2, 0) is 20.9 Å². The summed E-state index contributed by atoms with van der Waals surface area (Å²) in [6.07, 6.45) is 2.04. The van der Waals surface area contributed by atoms with Crippen LogP contribution in [0.25, 0.3) is 0 Å². The van der Waals surface area contributed by atoms with Crippen LogP contribution in [0.5, 0.6) is 0 Å². The van der Waals surface area contributed by atoms with Crippen molar-refractivity contribution < 1.29 is 14.3 Å². The molecule has 0 bridgehead atoms. The number of ether oxygens (including phenoxy) is 1. The van der Waals surface area contributed by atoms with Crippen molar-refractivity contribution in [2.75, 3.05) is 13.2 Å². The Labute approximate surface area is 133 Å². The Bertz CT molecular complexity index is 609. The molecule has 2 heterocycles. The molecule has 0 radical (unpaired) electrons. The van der Waals surface area contributed by atoms with Crippen LogP contribution in [0.3, 0.4) is 0 Å². The molecule has 2 aliphatic heterocycles. The molecule has 2 amide bonds. The predicted octanol–water partition coefficient (Wildman–Crippen LogP) is 1.77. The predicted molar refractivity (Wildman–Crippen MR) is 81.9 cm³/mol. The molecular weight excluding hydrogens is 304 g/mol. The topological polar surface area (TPSA) is 58.6 Å². The highest BCUT2D eigenvalue weighted by Crippen LogP contribution is 2.24. The first kappa shape index (κ1) is 15.1. The summed E-state index contributed by atoms with van der Waals surface area (Å²) >= 11 is 6.03. The fraction of sp³-hybridized carbons (Fsp3) is 0.375. The number of benzene rings is 1. The molecule has 2 aliphatic rings. The van der Waals surface area contributed by atoms with Gasteiger partial charge in [0.15, 0.2) is 0 Å². The Balaban J connectivity index is 1.66. The molecule has 5 nitrogen and oxygen atoms in total. The first-order valence-corrected chi connectivity index (χ1v) is 7.70. The number of imide groups is 1. The Morgan fingerprint density at radius 2 is 2.00 bits per heavy atom. The molecule has 1 aromatic rings. The minimum atomic E-state index is -0.453. The quantitative estimate of drug-likeness (QED) is 0.840. The van der Waals surface area contributed by atoms with Gasteiger partial charge in [-0.1, -0.05) is 41.9 Å². The van der Waals surface area contributed by atoms with Crippen LogP contribution in [-0.4, -0.2) is 36.0 Å². The minimum Gasteiger partial charge on any atom is -0.377 e. The summed E-state index contributed by atoms with van der Waals surface area (Å²) in [5, 5.41) is 2.94. The molecule has 1 N–H and O–H groups in total. The number of hydrogen-bond acceptors (Lipinski definition) is 4. The maximum Gasteiger partial charge on any atom is 0.278 e. The summed E-state index contributed by atoms with van der Waals surface area (Å²) in [5.74, 6) is -0.831. The molecule has 1 atom stereocenters. The van der Waals surface area contributed by atoms with Gasteiger partial charge in [0.05, 0.1) is 12.6 Å². The number of halogens is 1. The van der Waals surface area contributed by atoms with Crippen molar-refractivity contribution in [3.05, 3.63) is 46.6 Å². The van der Waals surface area contributed by atoms with E-state index in [1.807, 2.05) is 30.3 Å². The fourth-order valence-corrected chi connectivity index (χ4v) is 2.88. The van der Waals surface area contributed by atoms with Crippen molar-refractivity contribution in [1.29, 1.82) is 0 Å². The van der Waals surface area contributed by atoms with Gasteiger partial charge in [-0.3, -0.25) is 14.5 Å². The van der Waals surface area contributed by atoms with Crippen LogP contribution in [0.15, 0.2) is 41.1 Å². The van der Waals surface area contributed by atoms with Gasteiger partial charge in [0.2, 0.25) is 0 Å². The molecule has 3 rings (SSSR count). The van der Waals surface area contributed by atoms with Gasteiger partial charge in [-0.25, -0.2) is 0 Å². The van der Waals surface area contributed by atoms with Crippen molar-refractivity contribution >= 4 is 23.4 Å². The van der Waals surface area contributed by atoms with E-state index in [1.165, 1.54) is 0 Å². The molecule has 0 saturated carbocycles. The van der Waals surface area contributed by atoms with Gasteiger partial charge in [0, 0.05) is 13.2 Å². The first-order chi connectivity index (χ1) is 10.7. The van der Waals surface area contributed by atoms with E-state index in [1.54, 1.807) is 0 Å². The van der Waals surface area contributed by atoms with Gasteiger partial charge in [0.25, 0.3) is 11.8 Å². The van der Waals surface area contributed by atoms with Gasteiger partial charge in [-0.15, -0.1) is 0 Å². The standard InChI is InChI=1S/C16H17ClN2O3/c17-13-14(18-9-12-7-4-8-22-12)16(21)19(15(13)20)10-11-5-2-1-3-6-11/h1-3,5-6,12,18H,4,7-10H2. The SMILES string of the molecule is O=C1C(Cl)=C(NCC2CCCO2)C(=O)N1Cc1ccccc1. The molecule has 22 heavy (non-hydrogen) atoms. The van der Waals surface area contributed by atoms with Gasteiger partial charge >= 0.3 is 0 Å². The van der Waals surface area contributed by atoms with Crippen LogP contribution >= 0.6 is 11.6 Å². The van der Waals surface area contributed by atoms with E-state index in [9.17, 15) is 9.59 Å². The lowest BCUT2D eigenvalue weighted by atomic mass is 10.2. The lowest BCUT2D eigenvalue weighted by Crippen LogP contribution is -2.35. The summed E-state index contributed by atoms with van der Waals surface area (Å²) in [5.41, 5.74) is 1.06. The third kappa shape index (κ3) is 3.00. The number of carbonyl (C=O) groups is 2. The number of nitrogens with one attached hydrogen (secondary N) is 1. The van der Waals surface area contributed by atoms with E-state index in [-0.39, 0.29) is 29.3 Å². The molecule has 0 aromatic heterocycles. The highest BCUT2D eigenvalue weighted by molar-refractivity contribution is 6.47. The summed E-state index contributed by atoms with van der Waals surface area (Å²) in [4.78, 5) is 25.7. The van der Waals surface area contributed by atoms with Crippen LogP contribution in [0.2, 0.25) is 0 Å². The number of hydrogen-bond donors (Lipinski definition) is 1. The van der Waals surface area contributed by atoms with Crippen LogP contribution in [0.1, 0.15) is 18.4 Å². The second kappa shape index (κ2) is 6.50. The van der Waals surface area contributed by atoms with E-state index in [0.717, 1.165) is 29.9 Å². The Kier molecular flexibility index (Phi) is 4.45. The highest BCUT2D eigenvalue weighted by Gasteiger charge is 2.37. The maximum absolute atomic E-state index is 12.4. The summed E-state index contributed by atoms with van der Waals surface area (Å²) in [6, 6.07) is 9.35. The largest absolute Gasteiger partial charge is 0.377 e. The zero-order valence-electron chi connectivity index (χ0n) is 12.0. The van der Waals surface area contributed by atoms with Crippen LogP contribution in [0.4, 0.5) is 0 Å². The van der Waals surface area contributed by atoms with Crippen molar-refractivity contribution in [3.63, 3.8) is 0 Å². The first-order valence-electron chi connectivity index (χ1n) is 7.32. The van der Waals surface area contributed by atoms with Crippen molar-refractivity contribution in [3.8, 4) is 0 Å². The molecule has 1 saturated heterocycles. The number of amides is 2. The fourth-order valence-electron chi connectivity index (χ4n) is 2.63. The van der Waals surface area contributed by atoms with E-state index < -0.39 is 5.91 Å². The summed E-state index contributed by atoms with van der Waals surface area (Å²) in [6.45, 7) is 1.45. The molecule has 0 aliphatic carbocycles.